The SMILES string of the molecule is NC(c1ccsc1)c1ccc2c(c1)CCO2. The van der Waals surface area contributed by atoms with Crippen LogP contribution in [0.2, 0.25) is 0 Å². The van der Waals surface area contributed by atoms with Crippen LogP contribution in [0.1, 0.15) is 22.7 Å². The maximum Gasteiger partial charge on any atom is 0.122 e. The van der Waals surface area contributed by atoms with Gasteiger partial charge in [0, 0.05) is 6.42 Å². The monoisotopic (exact) mass is 231 g/mol. The first-order valence-electron chi connectivity index (χ1n) is 5.38. The van der Waals surface area contributed by atoms with Crippen molar-refractivity contribution in [3.8, 4) is 5.75 Å². The summed E-state index contributed by atoms with van der Waals surface area (Å²) in [6.07, 6.45) is 1.000. The smallest absolute Gasteiger partial charge is 0.122 e. The van der Waals surface area contributed by atoms with Crippen molar-refractivity contribution in [1.82, 2.24) is 0 Å². The van der Waals surface area contributed by atoms with Gasteiger partial charge in [-0.15, -0.1) is 0 Å². The van der Waals surface area contributed by atoms with Gasteiger partial charge in [-0.2, -0.15) is 11.3 Å². The molecule has 0 bridgehead atoms. The molecule has 82 valence electrons. The molecule has 0 saturated heterocycles. The zero-order valence-corrected chi connectivity index (χ0v) is 9.67. The minimum Gasteiger partial charge on any atom is -0.493 e. The molecule has 0 fully saturated rings. The average molecular weight is 231 g/mol. The van der Waals surface area contributed by atoms with E-state index in [9.17, 15) is 0 Å². The third kappa shape index (κ3) is 1.62. The van der Waals surface area contributed by atoms with Gasteiger partial charge >= 0.3 is 0 Å². The fraction of sp³-hybridized carbons (Fsp3) is 0.231. The first-order chi connectivity index (χ1) is 7.84. The van der Waals surface area contributed by atoms with Crippen molar-refractivity contribution in [2.75, 3.05) is 6.61 Å². The lowest BCUT2D eigenvalue weighted by atomic mass is 9.99. The molecule has 0 aliphatic carbocycles. The molecule has 1 aliphatic rings. The van der Waals surface area contributed by atoms with Gasteiger partial charge in [0.2, 0.25) is 0 Å². The van der Waals surface area contributed by atoms with Gasteiger partial charge in [0.05, 0.1) is 12.6 Å². The van der Waals surface area contributed by atoms with Crippen LogP contribution in [0.15, 0.2) is 35.0 Å². The summed E-state index contributed by atoms with van der Waals surface area (Å²) in [4.78, 5) is 0. The maximum atomic E-state index is 6.22. The molecule has 3 heteroatoms. The minimum atomic E-state index is -0.0165. The first-order valence-corrected chi connectivity index (χ1v) is 6.32. The molecule has 0 radical (unpaired) electrons. The first kappa shape index (κ1) is 9.87. The standard InChI is InChI=1S/C13H13NOS/c14-13(11-4-6-16-8-11)10-1-2-12-9(7-10)3-5-15-12/h1-2,4,6-8,13H,3,5,14H2. The van der Waals surface area contributed by atoms with Crippen molar-refractivity contribution in [3.63, 3.8) is 0 Å². The highest BCUT2D eigenvalue weighted by Crippen LogP contribution is 2.30. The Morgan fingerprint density at radius 3 is 3.00 bits per heavy atom. The molecule has 1 aliphatic heterocycles. The lowest BCUT2D eigenvalue weighted by Crippen LogP contribution is -2.10. The quantitative estimate of drug-likeness (QED) is 0.862. The summed E-state index contributed by atoms with van der Waals surface area (Å²) in [7, 11) is 0. The van der Waals surface area contributed by atoms with Crippen LogP contribution < -0.4 is 10.5 Å². The second-order valence-electron chi connectivity index (χ2n) is 4.00. The van der Waals surface area contributed by atoms with Crippen molar-refractivity contribution in [2.24, 2.45) is 5.73 Å². The van der Waals surface area contributed by atoms with Crippen LogP contribution >= 0.6 is 11.3 Å². The van der Waals surface area contributed by atoms with Gasteiger partial charge in [-0.1, -0.05) is 12.1 Å². The van der Waals surface area contributed by atoms with Gasteiger partial charge in [-0.05, 0) is 39.6 Å². The third-order valence-corrected chi connectivity index (χ3v) is 3.68. The molecule has 1 aromatic carbocycles. The maximum absolute atomic E-state index is 6.22. The van der Waals surface area contributed by atoms with Crippen molar-refractivity contribution >= 4 is 11.3 Å². The van der Waals surface area contributed by atoms with E-state index < -0.39 is 0 Å². The molecule has 16 heavy (non-hydrogen) atoms. The Morgan fingerprint density at radius 2 is 2.19 bits per heavy atom. The van der Waals surface area contributed by atoms with E-state index in [1.54, 1.807) is 11.3 Å². The van der Waals surface area contributed by atoms with Crippen LogP contribution in [-0.4, -0.2) is 6.61 Å². The van der Waals surface area contributed by atoms with Gasteiger partial charge in [0.25, 0.3) is 0 Å². The molecule has 0 saturated carbocycles. The number of thiophene rings is 1. The molecule has 1 unspecified atom stereocenters. The summed E-state index contributed by atoms with van der Waals surface area (Å²) in [5.41, 5.74) is 9.85. The highest BCUT2D eigenvalue weighted by Gasteiger charge is 2.15. The number of benzene rings is 1. The Morgan fingerprint density at radius 1 is 1.25 bits per heavy atom. The lowest BCUT2D eigenvalue weighted by molar-refractivity contribution is 0.357. The Labute approximate surface area is 98.7 Å². The normalized spacial score (nSPS) is 15.6. The van der Waals surface area contributed by atoms with Crippen molar-refractivity contribution in [1.29, 1.82) is 0 Å². The largest absolute Gasteiger partial charge is 0.493 e. The van der Waals surface area contributed by atoms with Gasteiger partial charge in [-0.3, -0.25) is 0 Å². The summed E-state index contributed by atoms with van der Waals surface area (Å²) < 4.78 is 5.49. The van der Waals surface area contributed by atoms with E-state index in [4.69, 9.17) is 10.5 Å². The molecule has 3 rings (SSSR count). The summed E-state index contributed by atoms with van der Waals surface area (Å²) >= 11 is 1.68. The van der Waals surface area contributed by atoms with E-state index in [-0.39, 0.29) is 6.04 Å². The molecule has 1 atom stereocenters. The van der Waals surface area contributed by atoms with Crippen molar-refractivity contribution in [2.45, 2.75) is 12.5 Å². The van der Waals surface area contributed by atoms with Crippen molar-refractivity contribution in [3.05, 3.63) is 51.7 Å². The molecule has 1 aromatic heterocycles. The molecular weight excluding hydrogens is 218 g/mol. The fourth-order valence-corrected chi connectivity index (χ4v) is 2.74. The molecular formula is C13H13NOS. The Hall–Kier alpha value is -1.32. The van der Waals surface area contributed by atoms with Gasteiger partial charge in [0.1, 0.15) is 5.75 Å². The Bertz CT molecular complexity index is 493. The van der Waals surface area contributed by atoms with Gasteiger partial charge in [0.15, 0.2) is 0 Å². The zero-order valence-electron chi connectivity index (χ0n) is 8.85. The fourth-order valence-electron chi connectivity index (χ4n) is 2.04. The number of ether oxygens (including phenoxy) is 1. The molecule has 2 aromatic rings. The zero-order chi connectivity index (χ0) is 11.0. The summed E-state index contributed by atoms with van der Waals surface area (Å²) in [6.45, 7) is 0.798. The number of hydrogen-bond acceptors (Lipinski definition) is 3. The minimum absolute atomic E-state index is 0.0165. The van der Waals surface area contributed by atoms with Crippen LogP contribution in [0.4, 0.5) is 0 Å². The van der Waals surface area contributed by atoms with E-state index in [0.717, 1.165) is 18.8 Å². The molecule has 2 heterocycles. The highest BCUT2D eigenvalue weighted by molar-refractivity contribution is 7.08. The van der Waals surface area contributed by atoms with E-state index in [2.05, 4.69) is 29.0 Å². The van der Waals surface area contributed by atoms with E-state index in [1.165, 1.54) is 16.7 Å². The summed E-state index contributed by atoms with van der Waals surface area (Å²) in [5.74, 6) is 1.02. The number of nitrogens with two attached hydrogens (primary N) is 1. The van der Waals surface area contributed by atoms with Crippen molar-refractivity contribution < 1.29 is 4.74 Å². The predicted octanol–water partition coefficient (Wildman–Crippen LogP) is 2.73. The molecule has 0 spiro atoms. The topological polar surface area (TPSA) is 35.2 Å². The molecule has 0 amide bonds. The average Bonchev–Trinajstić information content (AvgIpc) is 2.98. The highest BCUT2D eigenvalue weighted by atomic mass is 32.1. The third-order valence-electron chi connectivity index (χ3n) is 2.97. The summed E-state index contributed by atoms with van der Waals surface area (Å²) in [6, 6.07) is 8.33. The predicted molar refractivity (Wildman–Crippen MR) is 66.0 cm³/mol. The van der Waals surface area contributed by atoms with Gasteiger partial charge < -0.3 is 10.5 Å². The van der Waals surface area contributed by atoms with Crippen LogP contribution in [-0.2, 0) is 6.42 Å². The second kappa shape index (κ2) is 3.92. The number of fused-ring (bicyclic) bond motifs is 1. The van der Waals surface area contributed by atoms with Crippen LogP contribution in [0.5, 0.6) is 5.75 Å². The molecule has 2 N–H and O–H groups in total. The van der Waals surface area contributed by atoms with Gasteiger partial charge in [-0.25, -0.2) is 0 Å². The van der Waals surface area contributed by atoms with E-state index in [1.807, 2.05) is 6.07 Å². The van der Waals surface area contributed by atoms with Crippen LogP contribution in [0.25, 0.3) is 0 Å². The Balaban J connectivity index is 1.95. The number of rotatable bonds is 2. The summed E-state index contributed by atoms with van der Waals surface area (Å²) in [5, 5.41) is 4.17. The number of hydrogen-bond donors (Lipinski definition) is 1. The Kier molecular flexibility index (Phi) is 2.42. The molecule has 2 nitrogen and oxygen atoms in total. The van der Waals surface area contributed by atoms with Crippen LogP contribution in [0.3, 0.4) is 0 Å². The van der Waals surface area contributed by atoms with Crippen LogP contribution in [0, 0.1) is 0 Å². The second-order valence-corrected chi connectivity index (χ2v) is 4.78. The van der Waals surface area contributed by atoms with E-state index >= 15 is 0 Å². The van der Waals surface area contributed by atoms with E-state index in [0.29, 0.717) is 0 Å². The lowest BCUT2D eigenvalue weighted by Gasteiger charge is -2.11.